The van der Waals surface area contributed by atoms with Gasteiger partial charge in [0.15, 0.2) is 5.96 Å². The van der Waals surface area contributed by atoms with E-state index in [1.807, 2.05) is 6.07 Å². The highest BCUT2D eigenvalue weighted by molar-refractivity contribution is 5.80. The number of benzene rings is 1. The highest BCUT2D eigenvalue weighted by Gasteiger charge is 2.21. The van der Waals surface area contributed by atoms with Crippen molar-refractivity contribution in [2.45, 2.75) is 38.8 Å². The number of aromatic hydroxyl groups is 1. The van der Waals surface area contributed by atoms with Crippen molar-refractivity contribution in [3.8, 4) is 11.5 Å². The molecule has 152 valence electrons. The Morgan fingerprint density at radius 3 is 2.70 bits per heavy atom. The SMILES string of the molecule is CCNC(=NCc1cc(OC)ccc1O)N1CCC(OCCCOC)CC1. The lowest BCUT2D eigenvalue weighted by atomic mass is 10.1. The minimum Gasteiger partial charge on any atom is -0.508 e. The van der Waals surface area contributed by atoms with E-state index in [9.17, 15) is 5.11 Å². The number of nitrogens with zero attached hydrogens (tertiary/aromatic N) is 2. The Labute approximate surface area is 162 Å². The number of hydrogen-bond acceptors (Lipinski definition) is 5. The van der Waals surface area contributed by atoms with E-state index >= 15 is 0 Å². The summed E-state index contributed by atoms with van der Waals surface area (Å²) in [7, 11) is 3.33. The molecule has 0 unspecified atom stereocenters. The van der Waals surface area contributed by atoms with E-state index in [0.717, 1.165) is 69.4 Å². The van der Waals surface area contributed by atoms with Crippen LogP contribution in [0.4, 0.5) is 0 Å². The predicted molar refractivity (Wildman–Crippen MR) is 107 cm³/mol. The largest absolute Gasteiger partial charge is 0.508 e. The van der Waals surface area contributed by atoms with Crippen molar-refractivity contribution in [3.05, 3.63) is 23.8 Å². The summed E-state index contributed by atoms with van der Waals surface area (Å²) in [6.45, 7) is 6.57. The molecular weight excluding hydrogens is 346 g/mol. The molecule has 0 saturated carbocycles. The third kappa shape index (κ3) is 6.92. The van der Waals surface area contributed by atoms with Gasteiger partial charge in [-0.3, -0.25) is 0 Å². The Kier molecular flexibility index (Phi) is 9.21. The second-order valence-corrected chi connectivity index (χ2v) is 6.57. The van der Waals surface area contributed by atoms with Crippen LogP contribution < -0.4 is 10.1 Å². The first kappa shape index (κ1) is 21.3. The second-order valence-electron chi connectivity index (χ2n) is 6.57. The first-order valence-corrected chi connectivity index (χ1v) is 9.67. The number of phenols is 1. The zero-order valence-electron chi connectivity index (χ0n) is 16.7. The van der Waals surface area contributed by atoms with Crippen LogP contribution in [0.5, 0.6) is 11.5 Å². The molecule has 1 saturated heterocycles. The molecule has 2 rings (SSSR count). The summed E-state index contributed by atoms with van der Waals surface area (Å²) in [5.41, 5.74) is 0.751. The van der Waals surface area contributed by atoms with Crippen LogP contribution in [0, 0.1) is 0 Å². The molecule has 1 aromatic carbocycles. The van der Waals surface area contributed by atoms with Gasteiger partial charge in [-0.2, -0.15) is 0 Å². The summed E-state index contributed by atoms with van der Waals surface area (Å²) in [5, 5.41) is 13.4. The molecule has 1 aromatic rings. The van der Waals surface area contributed by atoms with Gasteiger partial charge in [-0.15, -0.1) is 0 Å². The minimum absolute atomic E-state index is 0.235. The van der Waals surface area contributed by atoms with E-state index in [1.165, 1.54) is 0 Å². The van der Waals surface area contributed by atoms with Gasteiger partial charge in [0.1, 0.15) is 11.5 Å². The maximum Gasteiger partial charge on any atom is 0.194 e. The van der Waals surface area contributed by atoms with Gasteiger partial charge in [0.05, 0.1) is 19.8 Å². The molecule has 0 radical (unpaired) electrons. The Morgan fingerprint density at radius 2 is 2.04 bits per heavy atom. The quantitative estimate of drug-likeness (QED) is 0.390. The molecule has 0 atom stereocenters. The van der Waals surface area contributed by atoms with Crippen molar-refractivity contribution in [1.82, 2.24) is 10.2 Å². The van der Waals surface area contributed by atoms with Gasteiger partial charge in [-0.05, 0) is 44.4 Å². The van der Waals surface area contributed by atoms with Gasteiger partial charge >= 0.3 is 0 Å². The van der Waals surface area contributed by atoms with Gasteiger partial charge < -0.3 is 29.5 Å². The van der Waals surface area contributed by atoms with Crippen LogP contribution in [0.1, 0.15) is 31.7 Å². The first-order chi connectivity index (χ1) is 13.2. The third-order valence-electron chi connectivity index (χ3n) is 4.61. The highest BCUT2D eigenvalue weighted by Crippen LogP contribution is 2.23. The van der Waals surface area contributed by atoms with Gasteiger partial charge in [0, 0.05) is 45.5 Å². The van der Waals surface area contributed by atoms with Crippen molar-refractivity contribution >= 4 is 5.96 Å². The summed E-state index contributed by atoms with van der Waals surface area (Å²) in [6.07, 6.45) is 3.22. The molecule has 2 N–H and O–H groups in total. The van der Waals surface area contributed by atoms with Crippen LogP contribution in [0.2, 0.25) is 0 Å². The molecule has 0 bridgehead atoms. The van der Waals surface area contributed by atoms with E-state index < -0.39 is 0 Å². The van der Waals surface area contributed by atoms with E-state index in [2.05, 4.69) is 17.1 Å². The topological polar surface area (TPSA) is 75.6 Å². The number of aliphatic imine (C=N–C) groups is 1. The summed E-state index contributed by atoms with van der Waals surface area (Å²) < 4.78 is 16.2. The molecule has 1 aliphatic rings. The number of hydrogen-bond donors (Lipinski definition) is 2. The van der Waals surface area contributed by atoms with Crippen LogP contribution >= 0.6 is 0 Å². The van der Waals surface area contributed by atoms with E-state index in [1.54, 1.807) is 26.4 Å². The average Bonchev–Trinajstić information content (AvgIpc) is 2.70. The number of guanidine groups is 1. The summed E-state index contributed by atoms with van der Waals surface area (Å²) in [4.78, 5) is 6.97. The number of likely N-dealkylation sites (tertiary alicyclic amines) is 1. The molecule has 0 amide bonds. The predicted octanol–water partition coefficient (Wildman–Crippen LogP) is 2.38. The lowest BCUT2D eigenvalue weighted by Gasteiger charge is -2.34. The molecule has 27 heavy (non-hydrogen) atoms. The molecule has 0 aromatic heterocycles. The molecule has 0 aliphatic carbocycles. The molecular formula is C20H33N3O4. The zero-order chi connectivity index (χ0) is 19.5. The van der Waals surface area contributed by atoms with Gasteiger partial charge in [0.2, 0.25) is 0 Å². The Morgan fingerprint density at radius 1 is 1.26 bits per heavy atom. The number of nitrogens with one attached hydrogen (secondary N) is 1. The molecule has 7 nitrogen and oxygen atoms in total. The van der Waals surface area contributed by atoms with E-state index in [4.69, 9.17) is 19.2 Å². The molecule has 0 spiro atoms. The third-order valence-corrected chi connectivity index (χ3v) is 4.61. The minimum atomic E-state index is 0.235. The van der Waals surface area contributed by atoms with Crippen molar-refractivity contribution < 1.29 is 19.3 Å². The average molecular weight is 380 g/mol. The fourth-order valence-electron chi connectivity index (χ4n) is 3.09. The highest BCUT2D eigenvalue weighted by atomic mass is 16.5. The molecule has 1 heterocycles. The van der Waals surface area contributed by atoms with Crippen LogP contribution in [0.25, 0.3) is 0 Å². The number of ether oxygens (including phenoxy) is 3. The van der Waals surface area contributed by atoms with Crippen LogP contribution in [0.15, 0.2) is 23.2 Å². The second kappa shape index (κ2) is 11.7. The van der Waals surface area contributed by atoms with Gasteiger partial charge in [0.25, 0.3) is 0 Å². The van der Waals surface area contributed by atoms with E-state index in [0.29, 0.717) is 12.6 Å². The maximum atomic E-state index is 10.1. The first-order valence-electron chi connectivity index (χ1n) is 9.67. The fourth-order valence-corrected chi connectivity index (χ4v) is 3.09. The normalized spacial score (nSPS) is 15.8. The summed E-state index contributed by atoms with van der Waals surface area (Å²) in [6, 6.07) is 5.21. The number of rotatable bonds is 9. The van der Waals surface area contributed by atoms with Crippen molar-refractivity contribution in [2.75, 3.05) is 47.1 Å². The fraction of sp³-hybridized carbons (Fsp3) is 0.650. The molecule has 1 fully saturated rings. The molecule has 7 heteroatoms. The Hall–Kier alpha value is -1.99. The van der Waals surface area contributed by atoms with E-state index in [-0.39, 0.29) is 5.75 Å². The van der Waals surface area contributed by atoms with Crippen molar-refractivity contribution in [2.24, 2.45) is 4.99 Å². The standard InChI is InChI=1S/C20H33N3O4/c1-4-21-20(22-15-16-14-18(26-3)6-7-19(16)24)23-10-8-17(9-11-23)27-13-5-12-25-2/h6-7,14,17,24H,4-5,8-13,15H2,1-3H3,(H,21,22). The Balaban J connectivity index is 1.90. The lowest BCUT2D eigenvalue weighted by molar-refractivity contribution is 0.00990. The van der Waals surface area contributed by atoms with Crippen LogP contribution in [-0.4, -0.2) is 69.1 Å². The van der Waals surface area contributed by atoms with Gasteiger partial charge in [-0.25, -0.2) is 4.99 Å². The Bertz CT molecular complexity index is 587. The van der Waals surface area contributed by atoms with Crippen molar-refractivity contribution in [3.63, 3.8) is 0 Å². The number of piperidine rings is 1. The number of phenolic OH excluding ortho intramolecular Hbond substituents is 1. The zero-order valence-corrected chi connectivity index (χ0v) is 16.7. The lowest BCUT2D eigenvalue weighted by Crippen LogP contribution is -2.47. The summed E-state index contributed by atoms with van der Waals surface area (Å²) in [5.74, 6) is 1.82. The monoisotopic (exact) mass is 379 g/mol. The van der Waals surface area contributed by atoms with Crippen LogP contribution in [-0.2, 0) is 16.0 Å². The van der Waals surface area contributed by atoms with Gasteiger partial charge in [-0.1, -0.05) is 0 Å². The van der Waals surface area contributed by atoms with Crippen LogP contribution in [0.3, 0.4) is 0 Å². The summed E-state index contributed by atoms with van der Waals surface area (Å²) >= 11 is 0. The number of methoxy groups -OCH3 is 2. The van der Waals surface area contributed by atoms with Crippen molar-refractivity contribution in [1.29, 1.82) is 0 Å². The smallest absolute Gasteiger partial charge is 0.194 e. The molecule has 1 aliphatic heterocycles. The maximum absolute atomic E-state index is 10.1.